The van der Waals surface area contributed by atoms with Crippen molar-refractivity contribution in [1.82, 2.24) is 0 Å². The Kier molecular flexibility index (Phi) is 2.80. The molecule has 2 rings (SSSR count). The lowest BCUT2D eigenvalue weighted by Crippen LogP contribution is -2.38. The average Bonchev–Trinajstić information content (AvgIpc) is 2.21. The summed E-state index contributed by atoms with van der Waals surface area (Å²) in [4.78, 5) is 0. The zero-order valence-electron chi connectivity index (χ0n) is 10.9. The molecule has 0 N–H and O–H groups in total. The molecule has 2 aliphatic carbocycles. The maximum absolute atomic E-state index is 13.3. The molecular weight excluding hydrogens is 218 g/mol. The van der Waals surface area contributed by atoms with Gasteiger partial charge in [0.15, 0.2) is 0 Å². The van der Waals surface area contributed by atoms with Crippen LogP contribution in [0.15, 0.2) is 36.0 Å². The third-order valence-corrected chi connectivity index (χ3v) is 4.41. The molecule has 0 bridgehead atoms. The lowest BCUT2D eigenvalue weighted by molar-refractivity contribution is 0.0977. The number of hydrogen-bond acceptors (Lipinski definition) is 0. The van der Waals surface area contributed by atoms with E-state index in [2.05, 4.69) is 33.8 Å². The van der Waals surface area contributed by atoms with Crippen LogP contribution in [-0.4, -0.2) is 5.92 Å². The van der Waals surface area contributed by atoms with Gasteiger partial charge in [0.1, 0.15) is 0 Å². The standard InChI is InChI=1S/C15H20F2/c1-10(2)13-6-5-12-9-15(16,17)8-7-14(12,4)11(13)3/h5-11,13H,1-4H3/t11?,13?,14-/m1/s1. The molecule has 0 nitrogen and oxygen atoms in total. The summed E-state index contributed by atoms with van der Waals surface area (Å²) in [5, 5.41) is 0. The molecule has 0 radical (unpaired) electrons. The van der Waals surface area contributed by atoms with Crippen LogP contribution in [0.3, 0.4) is 0 Å². The number of allylic oxidation sites excluding steroid dienone is 6. The molecule has 0 aromatic carbocycles. The van der Waals surface area contributed by atoms with Gasteiger partial charge < -0.3 is 0 Å². The Morgan fingerprint density at radius 2 is 1.88 bits per heavy atom. The maximum Gasteiger partial charge on any atom is 0.285 e. The zero-order chi connectivity index (χ0) is 12.8. The highest BCUT2D eigenvalue weighted by atomic mass is 19.3. The van der Waals surface area contributed by atoms with Crippen LogP contribution in [0.25, 0.3) is 0 Å². The predicted octanol–water partition coefficient (Wildman–Crippen LogP) is 4.60. The Hall–Kier alpha value is -0.920. The van der Waals surface area contributed by atoms with E-state index in [1.54, 1.807) is 6.08 Å². The van der Waals surface area contributed by atoms with Crippen LogP contribution in [0.2, 0.25) is 0 Å². The fourth-order valence-electron chi connectivity index (χ4n) is 3.01. The SMILES string of the molecule is CC(C)C1C=CC2=CC(F)(F)C=C[C@]2(C)C1C. The molecule has 0 saturated carbocycles. The molecule has 0 aromatic rings. The molecule has 17 heavy (non-hydrogen) atoms. The van der Waals surface area contributed by atoms with Crippen LogP contribution in [0.5, 0.6) is 0 Å². The van der Waals surface area contributed by atoms with Gasteiger partial charge in [-0.1, -0.05) is 45.9 Å². The van der Waals surface area contributed by atoms with E-state index >= 15 is 0 Å². The van der Waals surface area contributed by atoms with E-state index in [-0.39, 0.29) is 5.41 Å². The first-order chi connectivity index (χ1) is 7.76. The molecule has 0 spiro atoms. The molecule has 0 heterocycles. The van der Waals surface area contributed by atoms with E-state index in [0.29, 0.717) is 17.8 Å². The molecular formula is C15H20F2. The number of alkyl halides is 2. The average molecular weight is 238 g/mol. The second kappa shape index (κ2) is 3.79. The summed E-state index contributed by atoms with van der Waals surface area (Å²) in [5.41, 5.74) is 0.514. The summed E-state index contributed by atoms with van der Waals surface area (Å²) >= 11 is 0. The second-order valence-electron chi connectivity index (χ2n) is 5.86. The molecule has 3 atom stereocenters. The topological polar surface area (TPSA) is 0 Å². The lowest BCUT2D eigenvalue weighted by Gasteiger charge is -2.45. The number of halogens is 2. The van der Waals surface area contributed by atoms with Crippen molar-refractivity contribution in [3.8, 4) is 0 Å². The van der Waals surface area contributed by atoms with Crippen molar-refractivity contribution in [3.63, 3.8) is 0 Å². The highest BCUT2D eigenvalue weighted by molar-refractivity contribution is 5.42. The van der Waals surface area contributed by atoms with Crippen LogP contribution >= 0.6 is 0 Å². The fraction of sp³-hybridized carbons (Fsp3) is 0.600. The monoisotopic (exact) mass is 238 g/mol. The molecule has 0 saturated heterocycles. The highest BCUT2D eigenvalue weighted by Gasteiger charge is 2.43. The van der Waals surface area contributed by atoms with Gasteiger partial charge >= 0.3 is 0 Å². The number of hydrogen-bond donors (Lipinski definition) is 0. The molecule has 2 heteroatoms. The fourth-order valence-corrected chi connectivity index (χ4v) is 3.01. The van der Waals surface area contributed by atoms with E-state index in [1.807, 2.05) is 6.08 Å². The van der Waals surface area contributed by atoms with E-state index < -0.39 is 5.92 Å². The Morgan fingerprint density at radius 3 is 2.47 bits per heavy atom. The lowest BCUT2D eigenvalue weighted by atomic mass is 9.60. The van der Waals surface area contributed by atoms with Gasteiger partial charge in [-0.05, 0) is 35.5 Å². The molecule has 0 aromatic heterocycles. The van der Waals surface area contributed by atoms with Crippen LogP contribution in [0.4, 0.5) is 8.78 Å². The third kappa shape index (κ3) is 1.98. The first-order valence-corrected chi connectivity index (χ1v) is 6.26. The van der Waals surface area contributed by atoms with Crippen molar-refractivity contribution in [2.24, 2.45) is 23.2 Å². The van der Waals surface area contributed by atoms with Crippen LogP contribution in [-0.2, 0) is 0 Å². The van der Waals surface area contributed by atoms with Gasteiger partial charge in [-0.3, -0.25) is 0 Å². The van der Waals surface area contributed by atoms with Gasteiger partial charge in [-0.25, -0.2) is 0 Å². The molecule has 0 aliphatic heterocycles. The van der Waals surface area contributed by atoms with Crippen molar-refractivity contribution in [2.75, 3.05) is 0 Å². The van der Waals surface area contributed by atoms with Gasteiger partial charge in [0.2, 0.25) is 0 Å². The smallest absolute Gasteiger partial charge is 0.197 e. The van der Waals surface area contributed by atoms with E-state index in [4.69, 9.17) is 0 Å². The number of fused-ring (bicyclic) bond motifs is 1. The maximum atomic E-state index is 13.3. The van der Waals surface area contributed by atoms with Gasteiger partial charge in [0.05, 0.1) is 0 Å². The Morgan fingerprint density at radius 1 is 1.24 bits per heavy atom. The van der Waals surface area contributed by atoms with E-state index in [0.717, 1.165) is 17.7 Å². The Balaban J connectivity index is 2.44. The van der Waals surface area contributed by atoms with E-state index in [1.165, 1.54) is 0 Å². The quantitative estimate of drug-likeness (QED) is 0.585. The second-order valence-corrected chi connectivity index (χ2v) is 5.86. The highest BCUT2D eigenvalue weighted by Crippen LogP contribution is 2.50. The first kappa shape index (κ1) is 12.5. The molecule has 94 valence electrons. The summed E-state index contributed by atoms with van der Waals surface area (Å²) in [6, 6.07) is 0. The third-order valence-electron chi connectivity index (χ3n) is 4.41. The van der Waals surface area contributed by atoms with Crippen LogP contribution in [0, 0.1) is 23.2 Å². The van der Waals surface area contributed by atoms with Gasteiger partial charge in [0, 0.05) is 5.41 Å². The predicted molar refractivity (Wildman–Crippen MR) is 66.9 cm³/mol. The van der Waals surface area contributed by atoms with E-state index in [9.17, 15) is 8.78 Å². The van der Waals surface area contributed by atoms with Crippen LogP contribution < -0.4 is 0 Å². The summed E-state index contributed by atoms with van der Waals surface area (Å²) in [5.74, 6) is -1.45. The Labute approximate surface area is 102 Å². The minimum Gasteiger partial charge on any atom is -0.197 e. The Bertz CT molecular complexity index is 401. The van der Waals surface area contributed by atoms with Gasteiger partial charge in [-0.2, -0.15) is 8.78 Å². The van der Waals surface area contributed by atoms with Crippen molar-refractivity contribution in [3.05, 3.63) is 36.0 Å². The summed E-state index contributed by atoms with van der Waals surface area (Å²) in [7, 11) is 0. The summed E-state index contributed by atoms with van der Waals surface area (Å²) < 4.78 is 26.7. The van der Waals surface area contributed by atoms with Crippen LogP contribution in [0.1, 0.15) is 27.7 Å². The minimum absolute atomic E-state index is 0.245. The van der Waals surface area contributed by atoms with Gasteiger partial charge in [0.25, 0.3) is 5.92 Å². The largest absolute Gasteiger partial charge is 0.285 e. The van der Waals surface area contributed by atoms with Crippen molar-refractivity contribution in [1.29, 1.82) is 0 Å². The first-order valence-electron chi connectivity index (χ1n) is 6.26. The summed E-state index contributed by atoms with van der Waals surface area (Å²) in [6.07, 6.45) is 7.84. The number of rotatable bonds is 1. The molecule has 2 unspecified atom stereocenters. The zero-order valence-corrected chi connectivity index (χ0v) is 10.9. The molecule has 0 fully saturated rings. The molecule has 0 amide bonds. The van der Waals surface area contributed by atoms with Crippen molar-refractivity contribution >= 4 is 0 Å². The summed E-state index contributed by atoms with van der Waals surface area (Å²) in [6.45, 7) is 8.60. The van der Waals surface area contributed by atoms with Gasteiger partial charge in [-0.15, -0.1) is 0 Å². The van der Waals surface area contributed by atoms with Crippen molar-refractivity contribution < 1.29 is 8.78 Å². The minimum atomic E-state index is -2.79. The van der Waals surface area contributed by atoms with Crippen molar-refractivity contribution in [2.45, 2.75) is 33.6 Å². The normalized spacial score (nSPS) is 39.1. The molecule has 2 aliphatic rings.